The van der Waals surface area contributed by atoms with Crippen LogP contribution in [0.2, 0.25) is 0 Å². The van der Waals surface area contributed by atoms with E-state index in [1.54, 1.807) is 0 Å². The maximum absolute atomic E-state index is 12.8. The monoisotopic (exact) mass is 336 g/mol. The van der Waals surface area contributed by atoms with E-state index in [4.69, 9.17) is 0 Å². The summed E-state index contributed by atoms with van der Waals surface area (Å²) in [4.78, 5) is 28.1. The summed E-state index contributed by atoms with van der Waals surface area (Å²) in [5.74, 6) is 0.161. The highest BCUT2D eigenvalue weighted by atomic mass is 35.5. The van der Waals surface area contributed by atoms with Crippen molar-refractivity contribution in [2.45, 2.75) is 25.0 Å². The second kappa shape index (κ2) is 6.37. The van der Waals surface area contributed by atoms with Gasteiger partial charge in [-0.25, -0.2) is 4.79 Å². The molecule has 3 heterocycles. The van der Waals surface area contributed by atoms with Gasteiger partial charge in [0.05, 0.1) is 12.1 Å². The largest absolute Gasteiger partial charge is 0.337 e. The van der Waals surface area contributed by atoms with E-state index in [0.717, 1.165) is 13.0 Å². The van der Waals surface area contributed by atoms with Crippen molar-refractivity contribution in [1.82, 2.24) is 20.4 Å². The Bertz CT molecular complexity index is 624. The molecule has 6 nitrogen and oxygen atoms in total. The van der Waals surface area contributed by atoms with Crippen molar-refractivity contribution < 1.29 is 9.59 Å². The van der Waals surface area contributed by atoms with E-state index >= 15 is 0 Å². The minimum atomic E-state index is -0.147. The molecule has 3 amide bonds. The summed E-state index contributed by atoms with van der Waals surface area (Å²) in [5, 5.41) is 6.20. The van der Waals surface area contributed by atoms with Crippen molar-refractivity contribution in [1.29, 1.82) is 0 Å². The summed E-state index contributed by atoms with van der Waals surface area (Å²) < 4.78 is 0. The Kier molecular flexibility index (Phi) is 4.46. The van der Waals surface area contributed by atoms with Crippen LogP contribution in [0.5, 0.6) is 0 Å². The van der Waals surface area contributed by atoms with Crippen LogP contribution < -0.4 is 10.6 Å². The van der Waals surface area contributed by atoms with Gasteiger partial charge in [-0.1, -0.05) is 24.3 Å². The number of carbonyl (C=O) groups excluding carboxylic acids is 2. The molecular formula is C16H21ClN4O2. The predicted octanol–water partition coefficient (Wildman–Crippen LogP) is 0.359. The smallest absolute Gasteiger partial charge is 0.317 e. The van der Waals surface area contributed by atoms with Crippen molar-refractivity contribution in [2.24, 2.45) is 0 Å². The third kappa shape index (κ3) is 2.88. The fourth-order valence-corrected chi connectivity index (χ4v) is 3.65. The summed E-state index contributed by atoms with van der Waals surface area (Å²) in [7, 11) is 0. The Morgan fingerprint density at radius 3 is 2.78 bits per heavy atom. The number of fused-ring (bicyclic) bond motifs is 2. The van der Waals surface area contributed by atoms with Crippen molar-refractivity contribution in [3.8, 4) is 0 Å². The quantitative estimate of drug-likeness (QED) is 0.778. The van der Waals surface area contributed by atoms with Gasteiger partial charge in [-0.05, 0) is 17.5 Å². The molecule has 2 atom stereocenters. The molecular weight excluding hydrogens is 316 g/mol. The molecule has 7 heteroatoms. The molecule has 0 radical (unpaired) electrons. The Morgan fingerprint density at radius 1 is 1.17 bits per heavy atom. The minimum absolute atomic E-state index is 0. The van der Waals surface area contributed by atoms with Crippen LogP contribution in [-0.2, 0) is 17.8 Å². The third-order valence-corrected chi connectivity index (χ3v) is 4.92. The molecule has 3 aliphatic heterocycles. The molecule has 2 unspecified atom stereocenters. The first kappa shape index (κ1) is 16.1. The van der Waals surface area contributed by atoms with E-state index in [2.05, 4.69) is 22.8 Å². The lowest BCUT2D eigenvalue weighted by atomic mass is 9.95. The summed E-state index contributed by atoms with van der Waals surface area (Å²) in [6, 6.07) is 8.26. The highest BCUT2D eigenvalue weighted by molar-refractivity contribution is 5.85. The Hall–Kier alpha value is -1.79. The van der Waals surface area contributed by atoms with Gasteiger partial charge in [0.2, 0.25) is 5.91 Å². The molecule has 2 saturated heterocycles. The van der Waals surface area contributed by atoms with Crippen LogP contribution in [0.15, 0.2) is 24.3 Å². The van der Waals surface area contributed by atoms with E-state index in [-0.39, 0.29) is 36.4 Å². The van der Waals surface area contributed by atoms with E-state index in [9.17, 15) is 9.59 Å². The highest BCUT2D eigenvalue weighted by Gasteiger charge is 2.38. The molecule has 2 fully saturated rings. The number of hydrogen-bond donors (Lipinski definition) is 2. The predicted molar refractivity (Wildman–Crippen MR) is 88.5 cm³/mol. The van der Waals surface area contributed by atoms with Gasteiger partial charge < -0.3 is 20.4 Å². The van der Waals surface area contributed by atoms with Crippen molar-refractivity contribution in [3.63, 3.8) is 0 Å². The lowest BCUT2D eigenvalue weighted by Crippen LogP contribution is -2.58. The highest BCUT2D eigenvalue weighted by Crippen LogP contribution is 2.20. The Morgan fingerprint density at radius 2 is 1.96 bits per heavy atom. The standard InChI is InChI=1S/C16H20N4O2.ClH/c21-15(14-7-11-3-1-2-4-12(11)8-17-14)19-5-6-20-13(10-19)9-18-16(20)22;/h1-4,13-14,17H,5-10H2,(H,18,22);1H. The van der Waals surface area contributed by atoms with Gasteiger partial charge in [0, 0.05) is 32.7 Å². The maximum Gasteiger partial charge on any atom is 0.317 e. The van der Waals surface area contributed by atoms with Crippen molar-refractivity contribution in [3.05, 3.63) is 35.4 Å². The number of rotatable bonds is 1. The van der Waals surface area contributed by atoms with Crippen LogP contribution >= 0.6 is 12.4 Å². The maximum atomic E-state index is 12.8. The average molecular weight is 337 g/mol. The summed E-state index contributed by atoms with van der Waals surface area (Å²) in [5.41, 5.74) is 2.54. The van der Waals surface area contributed by atoms with Crippen LogP contribution in [0.4, 0.5) is 4.79 Å². The minimum Gasteiger partial charge on any atom is -0.337 e. The molecule has 0 spiro atoms. The number of piperazine rings is 1. The number of nitrogens with one attached hydrogen (secondary N) is 2. The first-order valence-electron chi connectivity index (χ1n) is 7.86. The zero-order valence-corrected chi connectivity index (χ0v) is 13.6. The lowest BCUT2D eigenvalue weighted by molar-refractivity contribution is -0.135. The SMILES string of the molecule is Cl.O=C(C1Cc2ccccc2CN1)N1CCN2C(=O)NCC2C1. The number of benzene rings is 1. The van der Waals surface area contributed by atoms with Gasteiger partial charge in [-0.2, -0.15) is 0 Å². The average Bonchev–Trinajstić information content (AvgIpc) is 2.94. The van der Waals surface area contributed by atoms with Crippen LogP contribution in [0.25, 0.3) is 0 Å². The number of urea groups is 1. The summed E-state index contributed by atoms with van der Waals surface area (Å²) in [6.07, 6.45) is 0.747. The molecule has 1 aromatic rings. The lowest BCUT2D eigenvalue weighted by Gasteiger charge is -2.39. The van der Waals surface area contributed by atoms with Gasteiger partial charge in [0.15, 0.2) is 0 Å². The zero-order valence-electron chi connectivity index (χ0n) is 12.8. The van der Waals surface area contributed by atoms with Gasteiger partial charge in [0.25, 0.3) is 0 Å². The molecule has 124 valence electrons. The first-order chi connectivity index (χ1) is 10.7. The molecule has 4 rings (SSSR count). The molecule has 23 heavy (non-hydrogen) atoms. The van der Waals surface area contributed by atoms with Gasteiger partial charge in [-0.15, -0.1) is 12.4 Å². The molecule has 2 N–H and O–H groups in total. The fourth-order valence-electron chi connectivity index (χ4n) is 3.65. The number of halogens is 1. The van der Waals surface area contributed by atoms with E-state index in [1.807, 2.05) is 21.9 Å². The normalized spacial score (nSPS) is 26.0. The molecule has 3 aliphatic rings. The van der Waals surface area contributed by atoms with Crippen LogP contribution in [0.1, 0.15) is 11.1 Å². The molecule has 0 aromatic heterocycles. The van der Waals surface area contributed by atoms with Crippen molar-refractivity contribution in [2.75, 3.05) is 26.2 Å². The molecule has 0 saturated carbocycles. The van der Waals surface area contributed by atoms with Crippen LogP contribution in [0, 0.1) is 0 Å². The Balaban J connectivity index is 0.00000156. The third-order valence-electron chi connectivity index (χ3n) is 4.92. The summed E-state index contributed by atoms with van der Waals surface area (Å²) in [6.45, 7) is 3.28. The van der Waals surface area contributed by atoms with E-state index in [0.29, 0.717) is 26.2 Å². The Labute approximate surface area is 141 Å². The number of amides is 3. The molecule has 0 bridgehead atoms. The fraction of sp³-hybridized carbons (Fsp3) is 0.500. The van der Waals surface area contributed by atoms with Gasteiger partial charge in [0.1, 0.15) is 0 Å². The molecule has 0 aliphatic carbocycles. The topological polar surface area (TPSA) is 64.7 Å². The van der Waals surface area contributed by atoms with E-state index < -0.39 is 0 Å². The first-order valence-corrected chi connectivity index (χ1v) is 7.86. The van der Waals surface area contributed by atoms with Crippen LogP contribution in [-0.4, -0.2) is 60.0 Å². The molecule has 1 aromatic carbocycles. The zero-order chi connectivity index (χ0) is 15.1. The second-order valence-corrected chi connectivity index (χ2v) is 6.22. The number of nitrogens with zero attached hydrogens (tertiary/aromatic N) is 2. The van der Waals surface area contributed by atoms with E-state index in [1.165, 1.54) is 11.1 Å². The summed E-state index contributed by atoms with van der Waals surface area (Å²) >= 11 is 0. The van der Waals surface area contributed by atoms with Crippen molar-refractivity contribution >= 4 is 24.3 Å². The van der Waals surface area contributed by atoms with Gasteiger partial charge >= 0.3 is 6.03 Å². The number of hydrogen-bond acceptors (Lipinski definition) is 3. The van der Waals surface area contributed by atoms with Gasteiger partial charge in [-0.3, -0.25) is 4.79 Å². The number of carbonyl (C=O) groups is 2. The second-order valence-electron chi connectivity index (χ2n) is 6.22. The van der Waals surface area contributed by atoms with Crippen LogP contribution in [0.3, 0.4) is 0 Å².